The van der Waals surface area contributed by atoms with Gasteiger partial charge in [-0.05, 0) is 79.6 Å². The molecule has 0 N–H and O–H groups in total. The molecule has 23 heavy (non-hydrogen) atoms. The van der Waals surface area contributed by atoms with Gasteiger partial charge >= 0.3 is 5.71 Å². The van der Waals surface area contributed by atoms with Crippen LogP contribution in [0.25, 0.3) is 5.53 Å². The Hall–Kier alpha value is -0.740. The minimum absolute atomic E-state index is 0.0561. The monoisotopic (exact) mass is 498 g/mol. The first-order valence-corrected chi connectivity index (χ1v) is 9.51. The summed E-state index contributed by atoms with van der Waals surface area (Å²) in [5, 5.41) is 0. The SMILES string of the molecule is Cc1cc(C(C)(C)C)cc(Br)c1C(=[N+]=[N-])c1ccc(Br)cc1Br. The fourth-order valence-electron chi connectivity index (χ4n) is 2.40. The Balaban J connectivity index is 2.67. The number of rotatable bonds is 2. The molecule has 120 valence electrons. The van der Waals surface area contributed by atoms with Crippen LogP contribution in [-0.2, 0) is 5.41 Å². The van der Waals surface area contributed by atoms with Crippen molar-refractivity contribution in [3.05, 3.63) is 71.5 Å². The first-order chi connectivity index (χ1) is 10.6. The molecule has 0 aliphatic heterocycles. The molecule has 0 aromatic heterocycles. The summed E-state index contributed by atoms with van der Waals surface area (Å²) in [6, 6.07) is 10.0. The van der Waals surface area contributed by atoms with Crippen LogP contribution in [0.1, 0.15) is 43.0 Å². The second-order valence-electron chi connectivity index (χ2n) is 6.47. The van der Waals surface area contributed by atoms with Crippen LogP contribution in [0.2, 0.25) is 0 Å². The van der Waals surface area contributed by atoms with E-state index in [1.807, 2.05) is 25.1 Å². The predicted octanol–water partition coefficient (Wildman–Crippen LogP) is 6.65. The van der Waals surface area contributed by atoms with Gasteiger partial charge in [0, 0.05) is 13.4 Å². The van der Waals surface area contributed by atoms with E-state index in [4.69, 9.17) is 0 Å². The Morgan fingerprint density at radius 2 is 1.65 bits per heavy atom. The Morgan fingerprint density at radius 1 is 1.00 bits per heavy atom. The fraction of sp³-hybridized carbons (Fsp3) is 0.278. The Morgan fingerprint density at radius 3 is 2.13 bits per heavy atom. The lowest BCUT2D eigenvalue weighted by atomic mass is 9.84. The maximum atomic E-state index is 9.64. The molecule has 0 spiro atoms. The zero-order chi connectivity index (χ0) is 17.4. The van der Waals surface area contributed by atoms with Gasteiger partial charge in [-0.1, -0.05) is 42.8 Å². The van der Waals surface area contributed by atoms with Crippen molar-refractivity contribution in [1.29, 1.82) is 0 Å². The molecule has 0 atom stereocenters. The molecule has 2 aromatic carbocycles. The molecule has 0 saturated carbocycles. The van der Waals surface area contributed by atoms with Crippen molar-refractivity contribution in [1.82, 2.24) is 0 Å². The molecule has 2 nitrogen and oxygen atoms in total. The third-order valence-electron chi connectivity index (χ3n) is 3.68. The topological polar surface area (TPSA) is 36.4 Å². The van der Waals surface area contributed by atoms with Gasteiger partial charge in [-0.15, -0.1) is 0 Å². The average Bonchev–Trinajstić information content (AvgIpc) is 2.42. The lowest BCUT2D eigenvalue weighted by Gasteiger charge is -2.21. The minimum Gasteiger partial charge on any atom is -0.361 e. The number of nitrogens with zero attached hydrogens (tertiary/aromatic N) is 2. The van der Waals surface area contributed by atoms with E-state index >= 15 is 0 Å². The van der Waals surface area contributed by atoms with Gasteiger partial charge in [-0.2, -0.15) is 4.79 Å². The highest BCUT2D eigenvalue weighted by Gasteiger charge is 2.25. The van der Waals surface area contributed by atoms with E-state index in [9.17, 15) is 5.53 Å². The van der Waals surface area contributed by atoms with Crippen molar-refractivity contribution in [2.45, 2.75) is 33.1 Å². The van der Waals surface area contributed by atoms with Crippen molar-refractivity contribution in [2.24, 2.45) is 0 Å². The van der Waals surface area contributed by atoms with Crippen molar-refractivity contribution in [3.8, 4) is 0 Å². The van der Waals surface area contributed by atoms with Gasteiger partial charge in [-0.25, -0.2) is 0 Å². The zero-order valence-corrected chi connectivity index (χ0v) is 18.2. The molecule has 0 bridgehead atoms. The predicted molar refractivity (Wildman–Crippen MR) is 106 cm³/mol. The molecule has 0 fully saturated rings. The molecule has 0 radical (unpaired) electrons. The highest BCUT2D eigenvalue weighted by molar-refractivity contribution is 9.11. The number of hydrogen-bond acceptors (Lipinski definition) is 0. The van der Waals surface area contributed by atoms with Gasteiger partial charge in [-0.3, -0.25) is 0 Å². The van der Waals surface area contributed by atoms with Crippen LogP contribution in [0.4, 0.5) is 0 Å². The smallest absolute Gasteiger partial charge is 0.332 e. The molecular formula is C18H17Br3N2. The molecule has 5 heteroatoms. The van der Waals surface area contributed by atoms with Gasteiger partial charge in [0.1, 0.15) is 0 Å². The molecule has 2 rings (SSSR count). The van der Waals surface area contributed by atoms with Crippen LogP contribution in [0.3, 0.4) is 0 Å². The number of hydrogen-bond donors (Lipinski definition) is 0. The van der Waals surface area contributed by atoms with Gasteiger partial charge in [0.25, 0.3) is 0 Å². The van der Waals surface area contributed by atoms with Gasteiger partial charge in [0.2, 0.25) is 0 Å². The average molecular weight is 501 g/mol. The maximum absolute atomic E-state index is 9.64. The minimum atomic E-state index is 0.0561. The highest BCUT2D eigenvalue weighted by Crippen LogP contribution is 2.33. The Labute approximate surface area is 162 Å². The number of benzene rings is 2. The van der Waals surface area contributed by atoms with E-state index in [0.717, 1.165) is 30.1 Å². The summed E-state index contributed by atoms with van der Waals surface area (Å²) in [5.41, 5.74) is 14.3. The molecule has 0 unspecified atom stereocenters. The molecule has 2 aromatic rings. The van der Waals surface area contributed by atoms with Crippen LogP contribution in [0.5, 0.6) is 0 Å². The highest BCUT2D eigenvalue weighted by atomic mass is 79.9. The number of halogens is 3. The number of aryl methyl sites for hydroxylation is 1. The molecule has 0 saturated heterocycles. The quantitative estimate of drug-likeness (QED) is 0.251. The lowest BCUT2D eigenvalue weighted by molar-refractivity contribution is -0.00294. The van der Waals surface area contributed by atoms with Gasteiger partial charge in [0.05, 0.1) is 11.1 Å². The van der Waals surface area contributed by atoms with Crippen molar-refractivity contribution >= 4 is 53.5 Å². The van der Waals surface area contributed by atoms with E-state index in [2.05, 4.69) is 85.5 Å². The lowest BCUT2D eigenvalue weighted by Crippen LogP contribution is -2.14. The summed E-state index contributed by atoms with van der Waals surface area (Å²) in [6.07, 6.45) is 0. The summed E-state index contributed by atoms with van der Waals surface area (Å²) in [4.78, 5) is 3.57. The van der Waals surface area contributed by atoms with Crippen LogP contribution in [0.15, 0.2) is 43.7 Å². The normalized spacial score (nSPS) is 11.3. The van der Waals surface area contributed by atoms with E-state index < -0.39 is 0 Å². The van der Waals surface area contributed by atoms with Gasteiger partial charge < -0.3 is 5.53 Å². The van der Waals surface area contributed by atoms with E-state index in [1.165, 1.54) is 5.56 Å². The van der Waals surface area contributed by atoms with E-state index in [0.29, 0.717) is 5.71 Å². The van der Waals surface area contributed by atoms with Crippen LogP contribution < -0.4 is 0 Å². The molecule has 0 aliphatic rings. The van der Waals surface area contributed by atoms with Crippen molar-refractivity contribution in [3.63, 3.8) is 0 Å². The molecule has 0 aliphatic carbocycles. The second-order valence-corrected chi connectivity index (χ2v) is 9.10. The summed E-state index contributed by atoms with van der Waals surface area (Å²) in [7, 11) is 0. The second kappa shape index (κ2) is 7.02. The summed E-state index contributed by atoms with van der Waals surface area (Å²) < 4.78 is 2.75. The van der Waals surface area contributed by atoms with Crippen LogP contribution in [0, 0.1) is 6.92 Å². The summed E-state index contributed by atoms with van der Waals surface area (Å²) in [5.74, 6) is 0. The first-order valence-electron chi connectivity index (χ1n) is 7.13. The van der Waals surface area contributed by atoms with Crippen molar-refractivity contribution < 1.29 is 4.79 Å². The third kappa shape index (κ3) is 4.03. The summed E-state index contributed by atoms with van der Waals surface area (Å²) in [6.45, 7) is 8.58. The molecular weight excluding hydrogens is 484 g/mol. The van der Waals surface area contributed by atoms with Crippen molar-refractivity contribution in [2.75, 3.05) is 0 Å². The Kier molecular flexibility index (Phi) is 5.68. The summed E-state index contributed by atoms with van der Waals surface area (Å²) >= 11 is 10.6. The van der Waals surface area contributed by atoms with Gasteiger partial charge in [0.15, 0.2) is 0 Å². The standard InChI is InChI=1S/C18H17Br3N2/c1-10-7-11(18(2,3)4)8-15(21)16(10)17(23-22)13-6-5-12(19)9-14(13)20/h5-9H,1-4H3. The Bertz CT molecular complexity index is 790. The first kappa shape index (κ1) is 18.6. The maximum Gasteiger partial charge on any atom is 0.332 e. The van der Waals surface area contributed by atoms with E-state index in [1.54, 1.807) is 0 Å². The van der Waals surface area contributed by atoms with E-state index in [-0.39, 0.29) is 5.41 Å². The van der Waals surface area contributed by atoms with Crippen LogP contribution in [-0.4, -0.2) is 10.5 Å². The fourth-order valence-corrected chi connectivity index (χ4v) is 4.38. The van der Waals surface area contributed by atoms with Crippen LogP contribution >= 0.6 is 47.8 Å². The molecule has 0 heterocycles. The largest absolute Gasteiger partial charge is 0.361 e. The third-order valence-corrected chi connectivity index (χ3v) is 5.45. The molecule has 0 amide bonds. The zero-order valence-electron chi connectivity index (χ0n) is 13.4.